The Balaban J connectivity index is 2.03. The van der Waals surface area contributed by atoms with Crippen LogP contribution >= 0.6 is 0 Å². The van der Waals surface area contributed by atoms with E-state index in [0.717, 1.165) is 43.4 Å². The molecule has 0 radical (unpaired) electrons. The highest BCUT2D eigenvalue weighted by Crippen LogP contribution is 2.18. The van der Waals surface area contributed by atoms with E-state index >= 15 is 0 Å². The Morgan fingerprint density at radius 1 is 1.50 bits per heavy atom. The molecule has 1 aliphatic heterocycles. The first-order chi connectivity index (χ1) is 8.58. The molecule has 2 unspecified atom stereocenters. The lowest BCUT2D eigenvalue weighted by Gasteiger charge is -2.33. The molecule has 2 rings (SSSR count). The molecule has 5 heteroatoms. The van der Waals surface area contributed by atoms with E-state index in [1.54, 1.807) is 0 Å². The average molecular weight is 250 g/mol. The van der Waals surface area contributed by atoms with E-state index < -0.39 is 0 Å². The number of likely N-dealkylation sites (tertiary alicyclic amines) is 1. The molecule has 2 atom stereocenters. The summed E-state index contributed by atoms with van der Waals surface area (Å²) < 4.78 is 0. The van der Waals surface area contributed by atoms with Gasteiger partial charge in [0.25, 0.3) is 0 Å². The van der Waals surface area contributed by atoms with Gasteiger partial charge in [0.2, 0.25) is 0 Å². The fourth-order valence-electron chi connectivity index (χ4n) is 2.39. The van der Waals surface area contributed by atoms with Crippen LogP contribution in [0.5, 0.6) is 0 Å². The van der Waals surface area contributed by atoms with Gasteiger partial charge in [0.1, 0.15) is 11.6 Å². The number of rotatable bonds is 3. The van der Waals surface area contributed by atoms with Gasteiger partial charge in [0.15, 0.2) is 0 Å². The van der Waals surface area contributed by atoms with Gasteiger partial charge in [-0.15, -0.1) is 0 Å². The molecule has 5 nitrogen and oxygen atoms in total. The average Bonchev–Trinajstić information content (AvgIpc) is 2.33. The van der Waals surface area contributed by atoms with Crippen molar-refractivity contribution in [3.63, 3.8) is 0 Å². The second-order valence-electron chi connectivity index (χ2n) is 5.13. The van der Waals surface area contributed by atoms with Gasteiger partial charge in [-0.05, 0) is 19.3 Å². The Hall–Kier alpha value is -1.20. The number of aliphatic hydroxyl groups is 1. The van der Waals surface area contributed by atoms with Crippen LogP contribution in [0, 0.1) is 12.8 Å². The fraction of sp³-hybridized carbons (Fsp3) is 0.692. The van der Waals surface area contributed by atoms with Gasteiger partial charge < -0.3 is 10.4 Å². The predicted molar refractivity (Wildman–Crippen MR) is 71.4 cm³/mol. The van der Waals surface area contributed by atoms with Crippen LogP contribution in [0.25, 0.3) is 0 Å². The molecule has 0 aliphatic carbocycles. The lowest BCUT2D eigenvalue weighted by Crippen LogP contribution is -2.41. The Labute approximate surface area is 108 Å². The quantitative estimate of drug-likeness (QED) is 0.839. The molecule has 0 saturated carbocycles. The minimum Gasteiger partial charge on any atom is -0.393 e. The number of aliphatic hydroxyl groups excluding tert-OH is 1. The second kappa shape index (κ2) is 5.63. The number of hydrogen-bond acceptors (Lipinski definition) is 5. The molecule has 1 fully saturated rings. The number of anilines is 1. The van der Waals surface area contributed by atoms with Crippen molar-refractivity contribution in [2.75, 3.05) is 25.5 Å². The highest BCUT2D eigenvalue weighted by Gasteiger charge is 2.24. The topological polar surface area (TPSA) is 61.3 Å². The summed E-state index contributed by atoms with van der Waals surface area (Å²) in [6.45, 7) is 6.65. The van der Waals surface area contributed by atoms with Crippen molar-refractivity contribution in [1.29, 1.82) is 0 Å². The first-order valence-corrected chi connectivity index (χ1v) is 6.51. The maximum absolute atomic E-state index is 9.72. The van der Waals surface area contributed by atoms with Crippen molar-refractivity contribution >= 4 is 5.82 Å². The van der Waals surface area contributed by atoms with Gasteiger partial charge in [-0.3, -0.25) is 4.90 Å². The zero-order valence-electron chi connectivity index (χ0n) is 11.3. The Morgan fingerprint density at radius 3 is 2.94 bits per heavy atom. The van der Waals surface area contributed by atoms with Gasteiger partial charge in [-0.1, -0.05) is 6.92 Å². The minimum atomic E-state index is -0.160. The highest BCUT2D eigenvalue weighted by molar-refractivity contribution is 5.34. The highest BCUT2D eigenvalue weighted by atomic mass is 16.3. The summed E-state index contributed by atoms with van der Waals surface area (Å²) in [4.78, 5) is 11.2. The standard InChI is InChI=1S/C13H22N4O/c1-9-7-17(5-4-11(9)18)8-13-15-10(2)6-12(14-3)16-13/h6,9,11,18H,4-5,7-8H2,1-3H3,(H,14,15,16). The molecular formula is C13H22N4O. The summed E-state index contributed by atoms with van der Waals surface area (Å²) in [5.74, 6) is 2.04. The third-order valence-electron chi connectivity index (χ3n) is 3.47. The summed E-state index contributed by atoms with van der Waals surface area (Å²) in [7, 11) is 1.87. The van der Waals surface area contributed by atoms with Crippen LogP contribution < -0.4 is 5.32 Å². The predicted octanol–water partition coefficient (Wildman–Crippen LogP) is 1.03. The molecule has 0 spiro atoms. The molecule has 1 aromatic heterocycles. The number of nitrogens with one attached hydrogen (secondary N) is 1. The molecule has 1 aromatic rings. The maximum Gasteiger partial charge on any atom is 0.144 e. The molecule has 100 valence electrons. The molecule has 0 amide bonds. The molecule has 0 aromatic carbocycles. The van der Waals surface area contributed by atoms with Crippen LogP contribution in [0.4, 0.5) is 5.82 Å². The van der Waals surface area contributed by atoms with Crippen molar-refractivity contribution in [3.05, 3.63) is 17.6 Å². The van der Waals surface area contributed by atoms with Crippen molar-refractivity contribution in [3.8, 4) is 0 Å². The number of aryl methyl sites for hydroxylation is 1. The molecule has 18 heavy (non-hydrogen) atoms. The van der Waals surface area contributed by atoms with E-state index in [-0.39, 0.29) is 6.10 Å². The van der Waals surface area contributed by atoms with Crippen LogP contribution in [0.1, 0.15) is 24.9 Å². The van der Waals surface area contributed by atoms with Crippen molar-refractivity contribution < 1.29 is 5.11 Å². The van der Waals surface area contributed by atoms with Crippen molar-refractivity contribution in [2.45, 2.75) is 32.9 Å². The molecule has 1 saturated heterocycles. The van der Waals surface area contributed by atoms with Crippen LogP contribution in [0.2, 0.25) is 0 Å². The van der Waals surface area contributed by atoms with E-state index in [1.165, 1.54) is 0 Å². The number of piperidine rings is 1. The van der Waals surface area contributed by atoms with Crippen molar-refractivity contribution in [2.24, 2.45) is 5.92 Å². The van der Waals surface area contributed by atoms with E-state index in [2.05, 4.69) is 27.1 Å². The van der Waals surface area contributed by atoms with Crippen LogP contribution in [0.15, 0.2) is 6.07 Å². The Kier molecular flexibility index (Phi) is 4.14. The van der Waals surface area contributed by atoms with Gasteiger partial charge in [0.05, 0.1) is 12.6 Å². The first-order valence-electron chi connectivity index (χ1n) is 6.51. The molecule has 2 heterocycles. The number of hydrogen-bond donors (Lipinski definition) is 2. The fourth-order valence-corrected chi connectivity index (χ4v) is 2.39. The van der Waals surface area contributed by atoms with E-state index in [4.69, 9.17) is 0 Å². The third-order valence-corrected chi connectivity index (χ3v) is 3.47. The first kappa shape index (κ1) is 13.2. The lowest BCUT2D eigenvalue weighted by atomic mass is 9.97. The van der Waals surface area contributed by atoms with Gasteiger partial charge in [-0.2, -0.15) is 0 Å². The largest absolute Gasteiger partial charge is 0.393 e. The van der Waals surface area contributed by atoms with E-state index in [0.29, 0.717) is 5.92 Å². The maximum atomic E-state index is 9.72. The summed E-state index contributed by atoms with van der Waals surface area (Å²) in [6.07, 6.45) is 0.679. The second-order valence-corrected chi connectivity index (χ2v) is 5.13. The zero-order chi connectivity index (χ0) is 13.1. The summed E-state index contributed by atoms with van der Waals surface area (Å²) in [5, 5.41) is 12.8. The molecular weight excluding hydrogens is 228 g/mol. The normalized spacial score (nSPS) is 25.1. The van der Waals surface area contributed by atoms with Crippen LogP contribution in [-0.2, 0) is 6.54 Å². The molecule has 2 N–H and O–H groups in total. The van der Waals surface area contributed by atoms with Crippen LogP contribution in [-0.4, -0.2) is 46.2 Å². The van der Waals surface area contributed by atoms with E-state index in [1.807, 2.05) is 20.0 Å². The lowest BCUT2D eigenvalue weighted by molar-refractivity contribution is 0.0310. The monoisotopic (exact) mass is 250 g/mol. The minimum absolute atomic E-state index is 0.160. The summed E-state index contributed by atoms with van der Waals surface area (Å²) >= 11 is 0. The third kappa shape index (κ3) is 3.17. The summed E-state index contributed by atoms with van der Waals surface area (Å²) in [6, 6.07) is 1.94. The number of aromatic nitrogens is 2. The molecule has 0 bridgehead atoms. The zero-order valence-corrected chi connectivity index (χ0v) is 11.3. The summed E-state index contributed by atoms with van der Waals surface area (Å²) in [5.41, 5.74) is 0.981. The van der Waals surface area contributed by atoms with Gasteiger partial charge >= 0.3 is 0 Å². The Bertz CT molecular complexity index is 410. The van der Waals surface area contributed by atoms with E-state index in [9.17, 15) is 5.11 Å². The van der Waals surface area contributed by atoms with Crippen molar-refractivity contribution in [1.82, 2.24) is 14.9 Å². The number of nitrogens with zero attached hydrogens (tertiary/aromatic N) is 3. The van der Waals surface area contributed by atoms with Gasteiger partial charge in [0, 0.05) is 31.9 Å². The smallest absolute Gasteiger partial charge is 0.144 e. The molecule has 1 aliphatic rings. The SMILES string of the molecule is CNc1cc(C)nc(CN2CCC(O)C(C)C2)n1. The Morgan fingerprint density at radius 2 is 2.28 bits per heavy atom. The van der Waals surface area contributed by atoms with Crippen LogP contribution in [0.3, 0.4) is 0 Å². The van der Waals surface area contributed by atoms with Gasteiger partial charge in [-0.25, -0.2) is 9.97 Å².